The fraction of sp³-hybridized carbons (Fsp3) is 0.348. The van der Waals surface area contributed by atoms with Gasteiger partial charge in [-0.15, -0.1) is 0 Å². The van der Waals surface area contributed by atoms with Crippen LogP contribution in [0.3, 0.4) is 0 Å². The maximum absolute atomic E-state index is 12.9. The van der Waals surface area contributed by atoms with Crippen molar-refractivity contribution in [2.45, 2.75) is 13.0 Å². The van der Waals surface area contributed by atoms with E-state index in [9.17, 15) is 14.4 Å². The van der Waals surface area contributed by atoms with Crippen molar-refractivity contribution >= 4 is 17.7 Å². The average Bonchev–Trinajstić information content (AvgIpc) is 3.14. The molecule has 0 aromatic heterocycles. The van der Waals surface area contributed by atoms with Gasteiger partial charge in [0, 0.05) is 51.3 Å². The standard InChI is InChI=1S/C23H25N3O3/c27-21-15-20(17-26(21)16-18-7-3-1-4-8-18)23(29)25-13-11-24(12-14-25)22(28)19-9-5-2-6-10-19/h1-10,20H,11-17H2. The Bertz CT molecular complexity index is 877. The van der Waals surface area contributed by atoms with E-state index in [0.29, 0.717) is 44.8 Å². The number of nitrogens with zero attached hydrogens (tertiary/aromatic N) is 3. The zero-order valence-electron chi connectivity index (χ0n) is 16.4. The first-order chi connectivity index (χ1) is 14.1. The lowest BCUT2D eigenvalue weighted by molar-refractivity contribution is -0.137. The first kappa shape index (κ1) is 19.2. The third-order valence-electron chi connectivity index (χ3n) is 5.68. The highest BCUT2D eigenvalue weighted by Gasteiger charge is 2.37. The van der Waals surface area contributed by atoms with Gasteiger partial charge in [-0.25, -0.2) is 0 Å². The minimum atomic E-state index is -0.289. The Hall–Kier alpha value is -3.15. The number of rotatable bonds is 4. The molecule has 4 rings (SSSR count). The van der Waals surface area contributed by atoms with Gasteiger partial charge in [-0.1, -0.05) is 48.5 Å². The summed E-state index contributed by atoms with van der Waals surface area (Å²) in [5.41, 5.74) is 1.74. The van der Waals surface area contributed by atoms with Gasteiger partial charge in [-0.2, -0.15) is 0 Å². The summed E-state index contributed by atoms with van der Waals surface area (Å²) in [5, 5.41) is 0. The van der Waals surface area contributed by atoms with E-state index >= 15 is 0 Å². The van der Waals surface area contributed by atoms with Crippen molar-refractivity contribution < 1.29 is 14.4 Å². The van der Waals surface area contributed by atoms with Crippen LogP contribution in [0.15, 0.2) is 60.7 Å². The summed E-state index contributed by atoms with van der Waals surface area (Å²) in [5.74, 6) is -0.226. The molecule has 3 amide bonds. The van der Waals surface area contributed by atoms with Crippen LogP contribution < -0.4 is 0 Å². The van der Waals surface area contributed by atoms with E-state index in [1.54, 1.807) is 14.7 Å². The summed E-state index contributed by atoms with van der Waals surface area (Å²) in [7, 11) is 0. The molecule has 2 aliphatic rings. The number of carbonyl (C=O) groups is 3. The number of carbonyl (C=O) groups excluding carboxylic acids is 3. The number of hydrogen-bond acceptors (Lipinski definition) is 3. The van der Waals surface area contributed by atoms with Crippen LogP contribution in [0.1, 0.15) is 22.3 Å². The predicted octanol–water partition coefficient (Wildman–Crippen LogP) is 2.02. The Kier molecular flexibility index (Phi) is 5.60. The van der Waals surface area contributed by atoms with Crippen molar-refractivity contribution in [2.75, 3.05) is 32.7 Å². The van der Waals surface area contributed by atoms with Gasteiger partial charge in [-0.3, -0.25) is 14.4 Å². The van der Waals surface area contributed by atoms with Crippen molar-refractivity contribution in [3.05, 3.63) is 71.8 Å². The molecule has 0 bridgehead atoms. The molecule has 150 valence electrons. The third kappa shape index (κ3) is 4.31. The first-order valence-electron chi connectivity index (χ1n) is 10.1. The van der Waals surface area contributed by atoms with Gasteiger partial charge in [0.15, 0.2) is 0 Å². The van der Waals surface area contributed by atoms with Crippen molar-refractivity contribution in [2.24, 2.45) is 5.92 Å². The highest BCUT2D eigenvalue weighted by Crippen LogP contribution is 2.23. The summed E-state index contributed by atoms with van der Waals surface area (Å²) in [6, 6.07) is 19.1. The lowest BCUT2D eigenvalue weighted by Gasteiger charge is -2.36. The summed E-state index contributed by atoms with van der Waals surface area (Å²) in [6.45, 7) is 3.09. The minimum Gasteiger partial charge on any atom is -0.339 e. The van der Waals surface area contributed by atoms with E-state index in [2.05, 4.69) is 0 Å². The van der Waals surface area contributed by atoms with Crippen LogP contribution in [0.5, 0.6) is 0 Å². The Labute approximate surface area is 170 Å². The predicted molar refractivity (Wildman–Crippen MR) is 109 cm³/mol. The van der Waals surface area contributed by atoms with Crippen LogP contribution in [0.4, 0.5) is 0 Å². The van der Waals surface area contributed by atoms with Crippen LogP contribution in [0, 0.1) is 5.92 Å². The quantitative estimate of drug-likeness (QED) is 0.801. The molecule has 0 spiro atoms. The van der Waals surface area contributed by atoms with Gasteiger partial charge in [0.2, 0.25) is 11.8 Å². The number of piperazine rings is 1. The molecule has 6 nitrogen and oxygen atoms in total. The average molecular weight is 391 g/mol. The topological polar surface area (TPSA) is 60.9 Å². The molecular weight excluding hydrogens is 366 g/mol. The number of hydrogen-bond donors (Lipinski definition) is 0. The molecule has 1 atom stereocenters. The Morgan fingerprint density at radius 3 is 2.07 bits per heavy atom. The molecule has 1 unspecified atom stereocenters. The number of amides is 3. The first-order valence-corrected chi connectivity index (χ1v) is 10.1. The second-order valence-corrected chi connectivity index (χ2v) is 7.64. The van der Waals surface area contributed by atoms with Gasteiger partial charge >= 0.3 is 0 Å². The smallest absolute Gasteiger partial charge is 0.253 e. The fourth-order valence-corrected chi connectivity index (χ4v) is 4.05. The van der Waals surface area contributed by atoms with E-state index in [-0.39, 0.29) is 30.1 Å². The zero-order valence-corrected chi connectivity index (χ0v) is 16.4. The van der Waals surface area contributed by atoms with E-state index < -0.39 is 0 Å². The molecule has 0 radical (unpaired) electrons. The minimum absolute atomic E-state index is 0.00257. The van der Waals surface area contributed by atoms with Gasteiger partial charge in [0.1, 0.15) is 0 Å². The van der Waals surface area contributed by atoms with Crippen LogP contribution in [-0.2, 0) is 16.1 Å². The maximum Gasteiger partial charge on any atom is 0.253 e. The molecule has 2 aromatic rings. The van der Waals surface area contributed by atoms with E-state index in [1.807, 2.05) is 60.7 Å². The molecule has 2 heterocycles. The van der Waals surface area contributed by atoms with Crippen molar-refractivity contribution in [1.82, 2.24) is 14.7 Å². The van der Waals surface area contributed by atoms with E-state index in [1.165, 1.54) is 0 Å². The SMILES string of the molecule is O=C1CC(C(=O)N2CCN(C(=O)c3ccccc3)CC2)CN1Cc1ccccc1. The lowest BCUT2D eigenvalue weighted by Crippen LogP contribution is -2.52. The molecule has 2 fully saturated rings. The fourth-order valence-electron chi connectivity index (χ4n) is 4.05. The highest BCUT2D eigenvalue weighted by molar-refractivity contribution is 5.94. The summed E-state index contributed by atoms with van der Waals surface area (Å²) < 4.78 is 0. The Balaban J connectivity index is 1.31. The second kappa shape index (κ2) is 8.47. The zero-order chi connectivity index (χ0) is 20.2. The van der Waals surface area contributed by atoms with Crippen molar-refractivity contribution in [1.29, 1.82) is 0 Å². The second-order valence-electron chi connectivity index (χ2n) is 7.64. The normalized spacial score (nSPS) is 19.5. The molecule has 29 heavy (non-hydrogen) atoms. The highest BCUT2D eigenvalue weighted by atomic mass is 16.2. The van der Waals surface area contributed by atoms with Crippen molar-refractivity contribution in [3.8, 4) is 0 Å². The molecule has 0 saturated carbocycles. The van der Waals surface area contributed by atoms with E-state index in [4.69, 9.17) is 0 Å². The van der Waals surface area contributed by atoms with Crippen LogP contribution in [-0.4, -0.2) is 65.1 Å². The summed E-state index contributed by atoms with van der Waals surface area (Å²) >= 11 is 0. The van der Waals surface area contributed by atoms with Crippen molar-refractivity contribution in [3.63, 3.8) is 0 Å². The number of benzene rings is 2. The molecular formula is C23H25N3O3. The molecule has 0 aliphatic carbocycles. The molecule has 2 saturated heterocycles. The number of likely N-dealkylation sites (tertiary alicyclic amines) is 1. The van der Waals surface area contributed by atoms with Gasteiger partial charge in [0.25, 0.3) is 5.91 Å². The summed E-state index contributed by atoms with van der Waals surface area (Å²) in [6.07, 6.45) is 0.273. The largest absolute Gasteiger partial charge is 0.339 e. The monoisotopic (exact) mass is 391 g/mol. The van der Waals surface area contributed by atoms with Gasteiger partial charge < -0.3 is 14.7 Å². The van der Waals surface area contributed by atoms with Crippen LogP contribution in [0.25, 0.3) is 0 Å². The summed E-state index contributed by atoms with van der Waals surface area (Å²) in [4.78, 5) is 43.2. The van der Waals surface area contributed by atoms with Crippen LogP contribution >= 0.6 is 0 Å². The Morgan fingerprint density at radius 1 is 0.828 bits per heavy atom. The molecule has 2 aliphatic heterocycles. The van der Waals surface area contributed by atoms with Gasteiger partial charge in [-0.05, 0) is 17.7 Å². The van der Waals surface area contributed by atoms with Crippen LogP contribution in [0.2, 0.25) is 0 Å². The maximum atomic E-state index is 12.9. The molecule has 2 aromatic carbocycles. The third-order valence-corrected chi connectivity index (χ3v) is 5.68. The van der Waals surface area contributed by atoms with E-state index in [0.717, 1.165) is 5.56 Å². The molecule has 6 heteroatoms. The van der Waals surface area contributed by atoms with Gasteiger partial charge in [0.05, 0.1) is 5.92 Å². The lowest BCUT2D eigenvalue weighted by atomic mass is 10.1. The molecule has 0 N–H and O–H groups in total. The Morgan fingerprint density at radius 2 is 1.41 bits per heavy atom.